The van der Waals surface area contributed by atoms with Crippen LogP contribution in [0.3, 0.4) is 0 Å². The van der Waals surface area contributed by atoms with E-state index < -0.39 is 0 Å². The third kappa shape index (κ3) is 3.61. The van der Waals surface area contributed by atoms with E-state index in [1.54, 1.807) is 0 Å². The van der Waals surface area contributed by atoms with Gasteiger partial charge >= 0.3 is 0 Å². The van der Waals surface area contributed by atoms with Gasteiger partial charge in [0.15, 0.2) is 0 Å². The number of aryl methyl sites for hydroxylation is 1. The molecule has 0 aliphatic heterocycles. The number of hydrogen-bond acceptors (Lipinski definition) is 0. The Bertz CT molecular complexity index is 377. The predicted octanol–water partition coefficient (Wildman–Crippen LogP) is 5.27. The molecule has 0 aromatic heterocycles. The fraction of sp³-hybridized carbons (Fsp3) is 0.500. The van der Waals surface area contributed by atoms with Gasteiger partial charge in [-0.05, 0) is 62.1 Å². The molecule has 1 heteroatoms. The number of allylic oxidation sites excluding steroid dienone is 2. The molecule has 0 spiro atoms. The average molecular weight is 249 g/mol. The summed E-state index contributed by atoms with van der Waals surface area (Å²) in [5.41, 5.74) is 1.37. The molecule has 1 aromatic rings. The van der Waals surface area contributed by atoms with Gasteiger partial charge in [-0.2, -0.15) is 0 Å². The number of halogens is 1. The Morgan fingerprint density at radius 3 is 2.82 bits per heavy atom. The van der Waals surface area contributed by atoms with E-state index in [0.29, 0.717) is 0 Å². The second kappa shape index (κ2) is 6.26. The van der Waals surface area contributed by atoms with Crippen LogP contribution in [0.1, 0.15) is 38.2 Å². The van der Waals surface area contributed by atoms with Crippen molar-refractivity contribution in [1.29, 1.82) is 0 Å². The third-order valence-electron chi connectivity index (χ3n) is 3.85. The normalized spacial score (nSPS) is 18.2. The maximum absolute atomic E-state index is 6.01. The van der Waals surface area contributed by atoms with E-state index in [1.165, 1.54) is 31.2 Å². The fourth-order valence-corrected chi connectivity index (χ4v) is 2.84. The minimum atomic E-state index is 0.771. The number of hydrogen-bond donors (Lipinski definition) is 0. The maximum atomic E-state index is 6.01. The van der Waals surface area contributed by atoms with Crippen LogP contribution in [0.5, 0.6) is 0 Å². The monoisotopic (exact) mass is 248 g/mol. The summed E-state index contributed by atoms with van der Waals surface area (Å²) < 4.78 is 0. The molecule has 1 atom stereocenters. The maximum Gasteiger partial charge on any atom is 0.0408 e. The van der Waals surface area contributed by atoms with E-state index >= 15 is 0 Å². The zero-order valence-electron chi connectivity index (χ0n) is 10.5. The lowest BCUT2D eigenvalue weighted by molar-refractivity contribution is 0.232. The zero-order valence-corrected chi connectivity index (χ0v) is 11.3. The molecular weight excluding hydrogens is 228 g/mol. The van der Waals surface area contributed by atoms with Crippen LogP contribution >= 0.6 is 11.6 Å². The minimum Gasteiger partial charge on any atom is -0.0914 e. The van der Waals surface area contributed by atoms with Crippen LogP contribution in [0.4, 0.5) is 0 Å². The van der Waals surface area contributed by atoms with E-state index in [-0.39, 0.29) is 0 Å². The average Bonchev–Trinajstić information content (AvgIpc) is 2.24. The van der Waals surface area contributed by atoms with Gasteiger partial charge in [-0.3, -0.25) is 0 Å². The van der Waals surface area contributed by atoms with Gasteiger partial charge in [-0.15, -0.1) is 0 Å². The van der Waals surface area contributed by atoms with Crippen LogP contribution in [-0.2, 0) is 6.42 Å². The van der Waals surface area contributed by atoms with Gasteiger partial charge < -0.3 is 0 Å². The molecule has 0 N–H and O–H groups in total. The first kappa shape index (κ1) is 12.7. The summed E-state index contributed by atoms with van der Waals surface area (Å²) in [6.07, 6.45) is 11.3. The van der Waals surface area contributed by atoms with Crippen molar-refractivity contribution in [3.63, 3.8) is 0 Å². The molecule has 1 aliphatic carbocycles. The van der Waals surface area contributed by atoms with Gasteiger partial charge in [0.25, 0.3) is 0 Å². The van der Waals surface area contributed by atoms with Gasteiger partial charge in [0, 0.05) is 5.02 Å². The Kier molecular flexibility index (Phi) is 4.67. The van der Waals surface area contributed by atoms with Gasteiger partial charge in [-0.25, -0.2) is 0 Å². The van der Waals surface area contributed by atoms with Crippen molar-refractivity contribution in [2.24, 2.45) is 11.8 Å². The molecule has 0 amide bonds. The van der Waals surface area contributed by atoms with Crippen molar-refractivity contribution in [2.75, 3.05) is 0 Å². The molecule has 1 saturated carbocycles. The highest BCUT2D eigenvalue weighted by molar-refractivity contribution is 6.30. The molecule has 1 aromatic carbocycles. The molecule has 17 heavy (non-hydrogen) atoms. The Balaban J connectivity index is 1.90. The Morgan fingerprint density at radius 1 is 1.41 bits per heavy atom. The largest absolute Gasteiger partial charge is 0.0914 e. The van der Waals surface area contributed by atoms with Crippen LogP contribution in [-0.4, -0.2) is 0 Å². The van der Waals surface area contributed by atoms with Crippen molar-refractivity contribution >= 4 is 11.6 Å². The molecule has 0 saturated heterocycles. The number of rotatable bonds is 5. The van der Waals surface area contributed by atoms with Crippen molar-refractivity contribution in [2.45, 2.75) is 39.0 Å². The Labute approximate surface area is 110 Å². The summed E-state index contributed by atoms with van der Waals surface area (Å²) in [5, 5.41) is 0.855. The Hall–Kier alpha value is -0.750. The summed E-state index contributed by atoms with van der Waals surface area (Å²) in [6.45, 7) is 2.13. The first-order chi connectivity index (χ1) is 8.29. The Morgan fingerprint density at radius 2 is 2.24 bits per heavy atom. The summed E-state index contributed by atoms with van der Waals surface area (Å²) in [7, 11) is 0. The molecule has 0 radical (unpaired) electrons. The molecule has 2 rings (SSSR count). The summed E-state index contributed by atoms with van der Waals surface area (Å²) in [4.78, 5) is 0. The standard InChI is InChI=1S/C16H21Cl/c1-2-5-14(15-7-4-8-15)11-10-13-6-3-9-16(17)12-13/h2-3,5-6,9,12,14-15H,4,7-8,10-11H2,1H3. The van der Waals surface area contributed by atoms with Crippen molar-refractivity contribution in [3.8, 4) is 0 Å². The van der Waals surface area contributed by atoms with Gasteiger partial charge in [0.2, 0.25) is 0 Å². The van der Waals surface area contributed by atoms with Crippen LogP contribution in [0.2, 0.25) is 5.02 Å². The third-order valence-corrected chi connectivity index (χ3v) is 4.09. The van der Waals surface area contributed by atoms with Crippen LogP contribution in [0.25, 0.3) is 0 Å². The molecule has 1 fully saturated rings. The first-order valence-corrected chi connectivity index (χ1v) is 7.04. The minimum absolute atomic E-state index is 0.771. The van der Waals surface area contributed by atoms with Gasteiger partial charge in [0.05, 0.1) is 0 Å². The summed E-state index contributed by atoms with van der Waals surface area (Å²) >= 11 is 6.01. The van der Waals surface area contributed by atoms with Crippen LogP contribution < -0.4 is 0 Å². The highest BCUT2D eigenvalue weighted by atomic mass is 35.5. The first-order valence-electron chi connectivity index (χ1n) is 6.67. The van der Waals surface area contributed by atoms with Crippen molar-refractivity contribution < 1.29 is 0 Å². The van der Waals surface area contributed by atoms with E-state index in [2.05, 4.69) is 31.2 Å². The van der Waals surface area contributed by atoms with E-state index in [0.717, 1.165) is 23.3 Å². The SMILES string of the molecule is CC=CC(CCc1cccc(Cl)c1)C1CCC1. The lowest BCUT2D eigenvalue weighted by Crippen LogP contribution is -2.21. The lowest BCUT2D eigenvalue weighted by Gasteiger charge is -2.32. The van der Waals surface area contributed by atoms with Crippen molar-refractivity contribution in [3.05, 3.63) is 47.0 Å². The highest BCUT2D eigenvalue weighted by Crippen LogP contribution is 2.36. The lowest BCUT2D eigenvalue weighted by atomic mass is 9.73. The van der Waals surface area contributed by atoms with E-state index in [1.807, 2.05) is 12.1 Å². The van der Waals surface area contributed by atoms with E-state index in [9.17, 15) is 0 Å². The smallest absolute Gasteiger partial charge is 0.0408 e. The second-order valence-corrected chi connectivity index (χ2v) is 5.49. The molecule has 1 unspecified atom stereocenters. The predicted molar refractivity (Wildman–Crippen MR) is 75.4 cm³/mol. The fourth-order valence-electron chi connectivity index (χ4n) is 2.63. The second-order valence-electron chi connectivity index (χ2n) is 5.05. The van der Waals surface area contributed by atoms with Gasteiger partial charge in [0.1, 0.15) is 0 Å². The molecular formula is C16H21Cl. The van der Waals surface area contributed by atoms with Gasteiger partial charge in [-0.1, -0.05) is 42.3 Å². The molecule has 0 heterocycles. The topological polar surface area (TPSA) is 0 Å². The zero-order chi connectivity index (χ0) is 12.1. The van der Waals surface area contributed by atoms with Crippen LogP contribution in [0, 0.1) is 11.8 Å². The molecule has 0 nitrogen and oxygen atoms in total. The summed E-state index contributed by atoms with van der Waals surface area (Å²) in [6, 6.07) is 8.26. The summed E-state index contributed by atoms with van der Waals surface area (Å²) in [5.74, 6) is 1.71. The quantitative estimate of drug-likeness (QED) is 0.623. The van der Waals surface area contributed by atoms with Crippen LogP contribution in [0.15, 0.2) is 36.4 Å². The van der Waals surface area contributed by atoms with Crippen molar-refractivity contribution in [1.82, 2.24) is 0 Å². The molecule has 1 aliphatic rings. The highest BCUT2D eigenvalue weighted by Gasteiger charge is 2.24. The molecule has 0 bridgehead atoms. The molecule has 92 valence electrons. The number of benzene rings is 1. The van der Waals surface area contributed by atoms with E-state index in [4.69, 9.17) is 11.6 Å².